The first-order chi connectivity index (χ1) is 11.1. The lowest BCUT2D eigenvalue weighted by Gasteiger charge is -2.39. The van der Waals surface area contributed by atoms with Gasteiger partial charge in [-0.15, -0.1) is 0 Å². The molecule has 2 nitrogen and oxygen atoms in total. The van der Waals surface area contributed by atoms with E-state index in [1.54, 1.807) is 0 Å². The summed E-state index contributed by atoms with van der Waals surface area (Å²) >= 11 is 0. The van der Waals surface area contributed by atoms with E-state index in [9.17, 15) is 61.9 Å². The highest BCUT2D eigenvalue weighted by molar-refractivity contribution is 5.87. The third kappa shape index (κ3) is 3.43. The van der Waals surface area contributed by atoms with Crippen LogP contribution in [0, 0.1) is 0 Å². The van der Waals surface area contributed by atoms with Crippen LogP contribution in [0.25, 0.3) is 0 Å². The van der Waals surface area contributed by atoms with Crippen molar-refractivity contribution in [2.45, 2.75) is 42.2 Å². The third-order valence-corrected chi connectivity index (χ3v) is 2.91. The third-order valence-electron chi connectivity index (χ3n) is 2.91. The molecule has 15 heteroatoms. The summed E-state index contributed by atoms with van der Waals surface area (Å²) in [6, 6.07) is 0. The molecule has 0 heterocycles. The first kappa shape index (κ1) is 24.3. The summed E-state index contributed by atoms with van der Waals surface area (Å²) in [6.45, 7) is 2.41. The average Bonchev–Trinajstić information content (AvgIpc) is 2.43. The van der Waals surface area contributed by atoms with Gasteiger partial charge in [0.2, 0.25) is 0 Å². The molecular weight excluding hydrogens is 411 g/mol. The number of esters is 1. The van der Waals surface area contributed by atoms with Gasteiger partial charge in [-0.05, 0) is 0 Å². The monoisotopic (exact) mass is 418 g/mol. The van der Waals surface area contributed by atoms with Gasteiger partial charge in [0.05, 0.1) is 7.11 Å². The van der Waals surface area contributed by atoms with E-state index in [1.807, 2.05) is 0 Å². The van der Waals surface area contributed by atoms with E-state index in [4.69, 9.17) is 0 Å². The van der Waals surface area contributed by atoms with E-state index in [2.05, 4.69) is 11.3 Å². The van der Waals surface area contributed by atoms with Crippen molar-refractivity contribution in [1.29, 1.82) is 0 Å². The van der Waals surface area contributed by atoms with Crippen molar-refractivity contribution in [3.8, 4) is 0 Å². The summed E-state index contributed by atoms with van der Waals surface area (Å²) in [7, 11) is 0.496. The zero-order valence-corrected chi connectivity index (χ0v) is 12.1. The lowest BCUT2D eigenvalue weighted by molar-refractivity contribution is -0.439. The quantitative estimate of drug-likeness (QED) is 0.336. The van der Waals surface area contributed by atoms with Gasteiger partial charge in [0.1, 0.15) is 0 Å². The van der Waals surface area contributed by atoms with E-state index in [0.717, 1.165) is 0 Å². The maximum absolute atomic E-state index is 13.3. The Labute approximate surface area is 135 Å². The first-order valence-electron chi connectivity index (χ1n) is 5.83. The van der Waals surface area contributed by atoms with E-state index >= 15 is 0 Å². The second-order valence-corrected chi connectivity index (χ2v) is 4.77. The van der Waals surface area contributed by atoms with Crippen molar-refractivity contribution >= 4 is 5.97 Å². The van der Waals surface area contributed by atoms with Gasteiger partial charge in [0.15, 0.2) is 0 Å². The number of halogens is 13. The van der Waals surface area contributed by atoms with Gasteiger partial charge in [-0.3, -0.25) is 0 Å². The van der Waals surface area contributed by atoms with Crippen LogP contribution in [0.15, 0.2) is 12.2 Å². The van der Waals surface area contributed by atoms with E-state index < -0.39 is 53.8 Å². The number of hydrogen-bond donors (Lipinski definition) is 0. The summed E-state index contributed by atoms with van der Waals surface area (Å²) < 4.78 is 169. The van der Waals surface area contributed by atoms with Gasteiger partial charge in [-0.2, -0.15) is 57.1 Å². The number of carbonyl (C=O) groups excluding carboxylic acids is 1. The minimum absolute atomic E-state index is 0.496. The number of alkyl halides is 13. The van der Waals surface area contributed by atoms with E-state index in [0.29, 0.717) is 7.11 Å². The standard InChI is InChI=1S/C11H7F13O2/c1-4(5(25)26-2)3-6(12,13)7(14,15)8(16,17)9(18,19)10(20,21)11(22,23)24/h1,3H2,2H3. The molecule has 0 saturated heterocycles. The van der Waals surface area contributed by atoms with Crippen LogP contribution in [0.5, 0.6) is 0 Å². The second-order valence-electron chi connectivity index (χ2n) is 4.77. The molecule has 26 heavy (non-hydrogen) atoms. The molecule has 0 amide bonds. The fourth-order valence-electron chi connectivity index (χ4n) is 1.40. The SMILES string of the molecule is C=C(CC(F)(F)C(F)(F)C(F)(F)C(F)(F)C(F)(F)C(F)(F)F)C(=O)OC. The lowest BCUT2D eigenvalue weighted by Crippen LogP contribution is -2.70. The Morgan fingerprint density at radius 1 is 0.731 bits per heavy atom. The minimum atomic E-state index is -7.97. The smallest absolute Gasteiger partial charge is 0.460 e. The number of ether oxygens (including phenoxy) is 1. The van der Waals surface area contributed by atoms with Crippen LogP contribution in [0.4, 0.5) is 57.1 Å². The molecule has 0 aliphatic carbocycles. The van der Waals surface area contributed by atoms with E-state index in [1.165, 1.54) is 0 Å². The number of methoxy groups -OCH3 is 1. The van der Waals surface area contributed by atoms with Crippen molar-refractivity contribution in [2.75, 3.05) is 7.11 Å². The molecule has 0 unspecified atom stereocenters. The summed E-state index contributed by atoms with van der Waals surface area (Å²) in [6.07, 6.45) is -10.3. The Morgan fingerprint density at radius 2 is 1.08 bits per heavy atom. The highest BCUT2D eigenvalue weighted by Crippen LogP contribution is 2.60. The fraction of sp³-hybridized carbons (Fsp3) is 0.727. The highest BCUT2D eigenvalue weighted by atomic mass is 19.4. The van der Waals surface area contributed by atoms with Crippen LogP contribution in [-0.2, 0) is 9.53 Å². The van der Waals surface area contributed by atoms with Gasteiger partial charge in [0.25, 0.3) is 0 Å². The van der Waals surface area contributed by atoms with Crippen LogP contribution >= 0.6 is 0 Å². The number of hydrogen-bond acceptors (Lipinski definition) is 2. The Kier molecular flexibility index (Phi) is 6.05. The molecule has 0 saturated carbocycles. The van der Waals surface area contributed by atoms with Gasteiger partial charge in [-0.25, -0.2) is 4.79 Å². The average molecular weight is 418 g/mol. The molecule has 0 rings (SSSR count). The number of carbonyl (C=O) groups is 1. The maximum Gasteiger partial charge on any atom is 0.460 e. The minimum Gasteiger partial charge on any atom is -0.466 e. The molecule has 0 aromatic rings. The predicted molar refractivity (Wildman–Crippen MR) is 56.6 cm³/mol. The molecule has 0 radical (unpaired) electrons. The van der Waals surface area contributed by atoms with Crippen molar-refractivity contribution in [3.05, 3.63) is 12.2 Å². The number of rotatable bonds is 7. The van der Waals surface area contributed by atoms with Crippen LogP contribution in [0.1, 0.15) is 6.42 Å². The van der Waals surface area contributed by atoms with Gasteiger partial charge < -0.3 is 4.74 Å². The Balaban J connectivity index is 6.16. The van der Waals surface area contributed by atoms with Crippen LogP contribution < -0.4 is 0 Å². The molecule has 0 spiro atoms. The first-order valence-corrected chi connectivity index (χ1v) is 5.83. The normalized spacial score (nSPS) is 15.0. The largest absolute Gasteiger partial charge is 0.466 e. The topological polar surface area (TPSA) is 26.3 Å². The predicted octanol–water partition coefficient (Wildman–Crippen LogP) is 4.84. The zero-order chi connectivity index (χ0) is 21.6. The zero-order valence-electron chi connectivity index (χ0n) is 12.1. The van der Waals surface area contributed by atoms with Crippen LogP contribution in [0.2, 0.25) is 0 Å². The summed E-state index contributed by atoms with van der Waals surface area (Å²) in [5.41, 5.74) is -1.67. The molecule has 0 aromatic carbocycles. The Morgan fingerprint density at radius 3 is 1.38 bits per heavy atom. The Hall–Kier alpha value is -1.70. The highest BCUT2D eigenvalue weighted by Gasteiger charge is 2.90. The van der Waals surface area contributed by atoms with Gasteiger partial charge in [-0.1, -0.05) is 6.58 Å². The van der Waals surface area contributed by atoms with Crippen LogP contribution in [0.3, 0.4) is 0 Å². The van der Waals surface area contributed by atoms with Gasteiger partial charge >= 0.3 is 41.8 Å². The molecule has 0 N–H and O–H groups in total. The molecule has 0 aliphatic rings. The Bertz CT molecular complexity index is 561. The summed E-state index contributed by atoms with van der Waals surface area (Å²) in [5.74, 6) is -39.4. The fourth-order valence-corrected chi connectivity index (χ4v) is 1.40. The van der Waals surface area contributed by atoms with Gasteiger partial charge in [0, 0.05) is 12.0 Å². The molecule has 154 valence electrons. The lowest BCUT2D eigenvalue weighted by atomic mass is 9.91. The molecule has 0 aliphatic heterocycles. The van der Waals surface area contributed by atoms with Crippen LogP contribution in [-0.4, -0.2) is 48.9 Å². The van der Waals surface area contributed by atoms with Crippen molar-refractivity contribution < 1.29 is 66.6 Å². The summed E-state index contributed by atoms with van der Waals surface area (Å²) in [5, 5.41) is 0. The molecular formula is C11H7F13O2. The van der Waals surface area contributed by atoms with E-state index in [-0.39, 0.29) is 0 Å². The molecule has 0 fully saturated rings. The molecule has 0 atom stereocenters. The second kappa shape index (κ2) is 6.48. The van der Waals surface area contributed by atoms with Crippen molar-refractivity contribution in [1.82, 2.24) is 0 Å². The maximum atomic E-state index is 13.3. The van der Waals surface area contributed by atoms with Crippen molar-refractivity contribution in [3.63, 3.8) is 0 Å². The van der Waals surface area contributed by atoms with Crippen molar-refractivity contribution in [2.24, 2.45) is 0 Å². The molecule has 0 aromatic heterocycles. The molecule has 0 bridgehead atoms. The summed E-state index contributed by atoms with van der Waals surface area (Å²) in [4.78, 5) is 10.7.